The van der Waals surface area contributed by atoms with Crippen molar-refractivity contribution in [1.82, 2.24) is 0 Å². The van der Waals surface area contributed by atoms with E-state index in [0.717, 1.165) is 17.8 Å². The minimum atomic E-state index is -0.949. The molecule has 0 unspecified atom stereocenters. The van der Waals surface area contributed by atoms with Gasteiger partial charge in [0.1, 0.15) is 4.88 Å². The Hall–Kier alpha value is -1.36. The van der Waals surface area contributed by atoms with Gasteiger partial charge in [-0.1, -0.05) is 13.8 Å². The van der Waals surface area contributed by atoms with E-state index in [9.17, 15) is 9.59 Å². The molecule has 0 spiro atoms. The third-order valence-electron chi connectivity index (χ3n) is 2.32. The Bertz CT molecular complexity index is 423. The van der Waals surface area contributed by atoms with Gasteiger partial charge in [-0.05, 0) is 30.9 Å². The molecule has 1 aromatic heterocycles. The zero-order valence-corrected chi connectivity index (χ0v) is 11.1. The smallest absolute Gasteiger partial charge is 0.346 e. The third kappa shape index (κ3) is 4.19. The number of rotatable bonds is 5. The Morgan fingerprint density at radius 3 is 2.59 bits per heavy atom. The van der Waals surface area contributed by atoms with E-state index in [1.54, 1.807) is 13.0 Å². The van der Waals surface area contributed by atoms with Crippen LogP contribution in [0, 0.1) is 12.8 Å². The molecule has 0 aliphatic heterocycles. The number of thiophene rings is 1. The number of carbonyl (C=O) groups is 2. The van der Waals surface area contributed by atoms with Crippen molar-refractivity contribution in [2.24, 2.45) is 5.92 Å². The number of carbonyl (C=O) groups excluding carboxylic acids is 1. The lowest BCUT2D eigenvalue weighted by Crippen LogP contribution is -2.11. The zero-order chi connectivity index (χ0) is 13.0. The van der Waals surface area contributed by atoms with Gasteiger partial charge in [0, 0.05) is 6.42 Å². The molecule has 1 amide bonds. The highest BCUT2D eigenvalue weighted by molar-refractivity contribution is 7.18. The molecule has 94 valence electrons. The van der Waals surface area contributed by atoms with Crippen LogP contribution in [-0.4, -0.2) is 17.0 Å². The predicted octanol–water partition coefficient (Wildman–Crippen LogP) is 3.13. The summed E-state index contributed by atoms with van der Waals surface area (Å²) < 4.78 is 0. The Kier molecular flexibility index (Phi) is 4.69. The number of aromatic carboxylic acids is 1. The highest BCUT2D eigenvalue weighted by Gasteiger charge is 2.13. The maximum Gasteiger partial charge on any atom is 0.346 e. The van der Waals surface area contributed by atoms with Crippen LogP contribution in [0.15, 0.2) is 6.07 Å². The lowest BCUT2D eigenvalue weighted by molar-refractivity contribution is -0.116. The molecule has 17 heavy (non-hydrogen) atoms. The second-order valence-corrected chi connectivity index (χ2v) is 5.46. The summed E-state index contributed by atoms with van der Waals surface area (Å²) in [7, 11) is 0. The Labute approximate surface area is 105 Å². The van der Waals surface area contributed by atoms with E-state index in [0.29, 0.717) is 22.9 Å². The quantitative estimate of drug-likeness (QED) is 0.849. The fourth-order valence-electron chi connectivity index (χ4n) is 1.38. The molecule has 1 rings (SSSR count). The summed E-state index contributed by atoms with van der Waals surface area (Å²) in [4.78, 5) is 22.7. The zero-order valence-electron chi connectivity index (χ0n) is 10.2. The molecule has 0 bridgehead atoms. The van der Waals surface area contributed by atoms with Crippen LogP contribution in [0.2, 0.25) is 0 Å². The van der Waals surface area contributed by atoms with Gasteiger partial charge in [0.05, 0.1) is 5.00 Å². The first kappa shape index (κ1) is 13.7. The van der Waals surface area contributed by atoms with Gasteiger partial charge in [0.25, 0.3) is 0 Å². The van der Waals surface area contributed by atoms with Crippen LogP contribution < -0.4 is 5.32 Å². The van der Waals surface area contributed by atoms with Gasteiger partial charge in [-0.3, -0.25) is 4.79 Å². The van der Waals surface area contributed by atoms with E-state index in [4.69, 9.17) is 5.11 Å². The summed E-state index contributed by atoms with van der Waals surface area (Å²) >= 11 is 1.10. The maximum absolute atomic E-state index is 11.6. The van der Waals surface area contributed by atoms with Crippen molar-refractivity contribution >= 4 is 28.2 Å². The minimum absolute atomic E-state index is 0.0584. The Morgan fingerprint density at radius 1 is 1.47 bits per heavy atom. The van der Waals surface area contributed by atoms with E-state index in [2.05, 4.69) is 19.2 Å². The van der Waals surface area contributed by atoms with Gasteiger partial charge in [-0.15, -0.1) is 11.3 Å². The number of carboxylic acid groups (broad SMARTS) is 1. The fourth-order valence-corrected chi connectivity index (χ4v) is 2.30. The van der Waals surface area contributed by atoms with E-state index in [-0.39, 0.29) is 10.8 Å². The molecule has 0 radical (unpaired) electrons. The van der Waals surface area contributed by atoms with Crippen LogP contribution in [0.5, 0.6) is 0 Å². The number of anilines is 1. The molecule has 5 heteroatoms. The van der Waals surface area contributed by atoms with E-state index < -0.39 is 5.97 Å². The van der Waals surface area contributed by atoms with Crippen LogP contribution in [0.1, 0.15) is 41.9 Å². The summed E-state index contributed by atoms with van der Waals surface area (Å²) in [5.74, 6) is -0.521. The molecule has 0 saturated carbocycles. The molecule has 0 aromatic carbocycles. The number of hydrogen-bond donors (Lipinski definition) is 2. The number of aryl methyl sites for hydroxylation is 1. The molecule has 0 saturated heterocycles. The van der Waals surface area contributed by atoms with E-state index in [1.807, 2.05) is 0 Å². The van der Waals surface area contributed by atoms with Crippen molar-refractivity contribution in [2.45, 2.75) is 33.6 Å². The van der Waals surface area contributed by atoms with Crippen molar-refractivity contribution < 1.29 is 14.7 Å². The fraction of sp³-hybridized carbons (Fsp3) is 0.500. The maximum atomic E-state index is 11.6. The summed E-state index contributed by atoms with van der Waals surface area (Å²) in [6.07, 6.45) is 1.30. The first-order chi connectivity index (χ1) is 7.90. The largest absolute Gasteiger partial charge is 0.477 e. The van der Waals surface area contributed by atoms with Crippen LogP contribution >= 0.6 is 11.3 Å². The van der Waals surface area contributed by atoms with Gasteiger partial charge in [0.15, 0.2) is 0 Å². The van der Waals surface area contributed by atoms with Crippen LogP contribution in [0.4, 0.5) is 5.00 Å². The standard InChI is InChI=1S/C12H17NO3S/c1-7(2)4-5-9(14)13-10-6-8(3)11(17-10)12(15)16/h6-7H,4-5H2,1-3H3,(H,13,14)(H,15,16). The van der Waals surface area contributed by atoms with Crippen LogP contribution in [0.3, 0.4) is 0 Å². The monoisotopic (exact) mass is 255 g/mol. The van der Waals surface area contributed by atoms with Crippen molar-refractivity contribution in [1.29, 1.82) is 0 Å². The lowest BCUT2D eigenvalue weighted by atomic mass is 10.1. The first-order valence-electron chi connectivity index (χ1n) is 5.53. The molecule has 4 nitrogen and oxygen atoms in total. The third-order valence-corrected chi connectivity index (χ3v) is 3.46. The Balaban J connectivity index is 2.60. The molecule has 1 heterocycles. The molecular weight excluding hydrogens is 238 g/mol. The van der Waals surface area contributed by atoms with Crippen LogP contribution in [0.25, 0.3) is 0 Å². The normalized spacial score (nSPS) is 10.6. The SMILES string of the molecule is Cc1cc(NC(=O)CCC(C)C)sc1C(=O)O. The second-order valence-electron chi connectivity index (χ2n) is 4.41. The van der Waals surface area contributed by atoms with Crippen molar-refractivity contribution in [3.8, 4) is 0 Å². The van der Waals surface area contributed by atoms with Gasteiger partial charge in [0.2, 0.25) is 5.91 Å². The summed E-state index contributed by atoms with van der Waals surface area (Å²) in [5.41, 5.74) is 0.682. The Morgan fingerprint density at radius 2 is 2.12 bits per heavy atom. The van der Waals surface area contributed by atoms with Gasteiger partial charge in [-0.2, -0.15) is 0 Å². The summed E-state index contributed by atoms with van der Waals surface area (Å²) in [6.45, 7) is 5.85. The van der Waals surface area contributed by atoms with Gasteiger partial charge < -0.3 is 10.4 Å². The second kappa shape index (κ2) is 5.82. The molecule has 0 aliphatic rings. The van der Waals surface area contributed by atoms with Crippen molar-refractivity contribution in [3.63, 3.8) is 0 Å². The van der Waals surface area contributed by atoms with Crippen molar-refractivity contribution in [3.05, 3.63) is 16.5 Å². The van der Waals surface area contributed by atoms with E-state index >= 15 is 0 Å². The minimum Gasteiger partial charge on any atom is -0.477 e. The highest BCUT2D eigenvalue weighted by Crippen LogP contribution is 2.26. The average Bonchev–Trinajstić information content (AvgIpc) is 2.56. The number of hydrogen-bond acceptors (Lipinski definition) is 3. The number of amides is 1. The number of nitrogens with one attached hydrogen (secondary N) is 1. The number of carboxylic acids is 1. The van der Waals surface area contributed by atoms with Gasteiger partial charge >= 0.3 is 5.97 Å². The lowest BCUT2D eigenvalue weighted by Gasteiger charge is -2.04. The summed E-state index contributed by atoms with van der Waals surface area (Å²) in [5, 5.41) is 12.2. The topological polar surface area (TPSA) is 66.4 Å². The van der Waals surface area contributed by atoms with E-state index in [1.165, 1.54) is 0 Å². The van der Waals surface area contributed by atoms with Crippen LogP contribution in [-0.2, 0) is 4.79 Å². The predicted molar refractivity (Wildman–Crippen MR) is 68.7 cm³/mol. The highest BCUT2D eigenvalue weighted by atomic mass is 32.1. The molecule has 0 fully saturated rings. The molecule has 1 aromatic rings. The molecule has 0 atom stereocenters. The van der Waals surface area contributed by atoms with Gasteiger partial charge in [-0.25, -0.2) is 4.79 Å². The van der Waals surface area contributed by atoms with Crippen molar-refractivity contribution in [2.75, 3.05) is 5.32 Å². The molecular formula is C12H17NO3S. The molecule has 0 aliphatic carbocycles. The molecule has 2 N–H and O–H groups in total. The first-order valence-corrected chi connectivity index (χ1v) is 6.35. The average molecular weight is 255 g/mol. The summed E-state index contributed by atoms with van der Waals surface area (Å²) in [6, 6.07) is 1.70.